The Hall–Kier alpha value is -0.440. The second kappa shape index (κ2) is 5.78. The van der Waals surface area contributed by atoms with Crippen LogP contribution in [0.3, 0.4) is 0 Å². The van der Waals surface area contributed by atoms with E-state index in [1.807, 2.05) is 0 Å². The van der Waals surface area contributed by atoms with Gasteiger partial charge in [-0.3, -0.25) is 4.79 Å². The lowest BCUT2D eigenvalue weighted by Gasteiger charge is -2.61. The van der Waals surface area contributed by atoms with E-state index in [-0.39, 0.29) is 23.4 Å². The third-order valence-corrected chi connectivity index (χ3v) is 9.56. The molecule has 1 N–H and O–H groups in total. The van der Waals surface area contributed by atoms with E-state index in [0.29, 0.717) is 36.4 Å². The van der Waals surface area contributed by atoms with Gasteiger partial charge in [0.2, 0.25) is 0 Å². The van der Waals surface area contributed by atoms with Crippen molar-refractivity contribution in [3.63, 3.8) is 0 Å². The Balaban J connectivity index is 1.59. The Labute approximate surface area is 152 Å². The van der Waals surface area contributed by atoms with Gasteiger partial charge in [-0.05, 0) is 99.2 Å². The molecule has 0 aromatic rings. The monoisotopic (exact) mass is 350 g/mol. The number of alkyl halides is 1. The second-order valence-corrected chi connectivity index (χ2v) is 10.5. The SMILES string of the molecule is CC(=O)[C@H]1CC[C@H]2[C@@H]3CCC4CC(F)(CO)CC[C@]4(C)[C@H]3CC[C@]12C. The maximum absolute atomic E-state index is 14.8. The van der Waals surface area contributed by atoms with Gasteiger partial charge in [0.05, 0.1) is 6.61 Å². The summed E-state index contributed by atoms with van der Waals surface area (Å²) in [5.74, 6) is 3.19. The highest BCUT2D eigenvalue weighted by Gasteiger charge is 2.61. The van der Waals surface area contributed by atoms with E-state index in [0.717, 1.165) is 25.2 Å². The van der Waals surface area contributed by atoms with E-state index >= 15 is 0 Å². The number of aliphatic hydroxyl groups is 1. The number of hydrogen-bond donors (Lipinski definition) is 1. The molecule has 2 unspecified atom stereocenters. The molecule has 0 heterocycles. The van der Waals surface area contributed by atoms with Crippen LogP contribution in [0, 0.1) is 40.4 Å². The molecule has 4 saturated carbocycles. The van der Waals surface area contributed by atoms with Gasteiger partial charge in [0.25, 0.3) is 0 Å². The normalized spacial score (nSPS) is 55.2. The van der Waals surface area contributed by atoms with Gasteiger partial charge in [0.1, 0.15) is 11.5 Å². The van der Waals surface area contributed by atoms with Crippen molar-refractivity contribution in [3.8, 4) is 0 Å². The van der Waals surface area contributed by atoms with E-state index in [9.17, 15) is 14.3 Å². The average molecular weight is 351 g/mol. The molecule has 8 atom stereocenters. The number of rotatable bonds is 2. The Morgan fingerprint density at radius 2 is 1.72 bits per heavy atom. The first-order chi connectivity index (χ1) is 11.7. The lowest BCUT2D eigenvalue weighted by atomic mass is 9.44. The fraction of sp³-hybridized carbons (Fsp3) is 0.955. The van der Waals surface area contributed by atoms with Crippen molar-refractivity contribution < 1.29 is 14.3 Å². The average Bonchev–Trinajstić information content (AvgIpc) is 2.93. The van der Waals surface area contributed by atoms with E-state index < -0.39 is 5.67 Å². The number of hydrogen-bond acceptors (Lipinski definition) is 2. The molecule has 4 fully saturated rings. The summed E-state index contributed by atoms with van der Waals surface area (Å²) >= 11 is 0. The number of Topliss-reactive ketones (excluding diaryl/α,β-unsaturated/α-hetero) is 1. The van der Waals surface area contributed by atoms with E-state index in [1.165, 1.54) is 25.7 Å². The van der Waals surface area contributed by atoms with Crippen LogP contribution in [0.1, 0.15) is 78.6 Å². The van der Waals surface area contributed by atoms with Gasteiger partial charge in [-0.15, -0.1) is 0 Å². The number of carbonyl (C=O) groups is 1. The topological polar surface area (TPSA) is 37.3 Å². The van der Waals surface area contributed by atoms with Crippen LogP contribution in [0.5, 0.6) is 0 Å². The van der Waals surface area contributed by atoms with Gasteiger partial charge in [-0.25, -0.2) is 4.39 Å². The molecule has 2 nitrogen and oxygen atoms in total. The van der Waals surface area contributed by atoms with Crippen LogP contribution < -0.4 is 0 Å². The van der Waals surface area contributed by atoms with Gasteiger partial charge in [-0.2, -0.15) is 0 Å². The zero-order chi connectivity index (χ0) is 18.0. The molecule has 0 radical (unpaired) electrons. The molecule has 3 heteroatoms. The second-order valence-electron chi connectivity index (χ2n) is 10.5. The van der Waals surface area contributed by atoms with E-state index in [2.05, 4.69) is 13.8 Å². The third kappa shape index (κ3) is 2.47. The maximum Gasteiger partial charge on any atom is 0.134 e. The molecule has 0 saturated heterocycles. The first kappa shape index (κ1) is 17.9. The molecular weight excluding hydrogens is 315 g/mol. The molecule has 0 aromatic carbocycles. The van der Waals surface area contributed by atoms with Gasteiger partial charge in [0.15, 0.2) is 0 Å². The largest absolute Gasteiger partial charge is 0.393 e. The van der Waals surface area contributed by atoms with Crippen molar-refractivity contribution in [1.82, 2.24) is 0 Å². The van der Waals surface area contributed by atoms with Crippen LogP contribution in [-0.2, 0) is 4.79 Å². The molecule has 0 amide bonds. The standard InChI is InChI=1S/C22H35FO2/c1-14(25)17-6-7-18-16-5-4-15-12-22(23,13-24)11-10-20(15,2)19(16)8-9-21(17,18)3/h15-19,24H,4-13H2,1-3H3/t15?,16-,17+,18-,19-,20-,21+,22?/m0/s1. The highest BCUT2D eigenvalue weighted by atomic mass is 19.1. The summed E-state index contributed by atoms with van der Waals surface area (Å²) in [5, 5.41) is 9.49. The predicted octanol–water partition coefficient (Wildman–Crippen LogP) is 4.93. The summed E-state index contributed by atoms with van der Waals surface area (Å²) in [6, 6.07) is 0. The lowest BCUT2D eigenvalue weighted by molar-refractivity contribution is -0.146. The highest BCUT2D eigenvalue weighted by molar-refractivity contribution is 5.79. The highest BCUT2D eigenvalue weighted by Crippen LogP contribution is 2.68. The minimum atomic E-state index is -1.34. The van der Waals surface area contributed by atoms with Gasteiger partial charge < -0.3 is 5.11 Å². The Kier molecular flexibility index (Phi) is 4.15. The summed E-state index contributed by atoms with van der Waals surface area (Å²) in [7, 11) is 0. The molecule has 0 bridgehead atoms. The molecule has 0 aromatic heterocycles. The summed E-state index contributed by atoms with van der Waals surface area (Å²) in [6.45, 7) is 6.29. The number of carbonyl (C=O) groups excluding carboxylic acids is 1. The Bertz CT molecular complexity index is 562. The number of aliphatic hydroxyl groups excluding tert-OH is 1. The van der Waals surface area contributed by atoms with E-state index in [1.54, 1.807) is 6.92 Å². The van der Waals surface area contributed by atoms with Crippen LogP contribution >= 0.6 is 0 Å². The van der Waals surface area contributed by atoms with Crippen LogP contribution in [0.25, 0.3) is 0 Å². The number of halogens is 1. The molecule has 0 spiro atoms. The summed E-state index contributed by atoms with van der Waals surface area (Å²) in [4.78, 5) is 12.2. The van der Waals surface area contributed by atoms with Crippen molar-refractivity contribution in [2.24, 2.45) is 40.4 Å². The zero-order valence-electron chi connectivity index (χ0n) is 16.2. The molecular formula is C22H35FO2. The van der Waals surface area contributed by atoms with Crippen molar-refractivity contribution >= 4 is 5.78 Å². The first-order valence-electron chi connectivity index (χ1n) is 10.5. The predicted molar refractivity (Wildman–Crippen MR) is 96.8 cm³/mol. The summed E-state index contributed by atoms with van der Waals surface area (Å²) in [5.41, 5.74) is -0.892. The van der Waals surface area contributed by atoms with Crippen molar-refractivity contribution in [2.75, 3.05) is 6.61 Å². The van der Waals surface area contributed by atoms with Crippen LogP contribution in [0.2, 0.25) is 0 Å². The Morgan fingerprint density at radius 1 is 1.00 bits per heavy atom. The lowest BCUT2D eigenvalue weighted by Crippen LogP contribution is -2.56. The fourth-order valence-corrected chi connectivity index (χ4v) is 8.11. The first-order valence-corrected chi connectivity index (χ1v) is 10.5. The molecule has 4 aliphatic rings. The van der Waals surface area contributed by atoms with Gasteiger partial charge >= 0.3 is 0 Å². The van der Waals surface area contributed by atoms with Crippen LogP contribution in [0.15, 0.2) is 0 Å². The number of fused-ring (bicyclic) bond motifs is 5. The molecule has 0 aliphatic heterocycles. The quantitative estimate of drug-likeness (QED) is 0.766. The van der Waals surface area contributed by atoms with Gasteiger partial charge in [0, 0.05) is 5.92 Å². The van der Waals surface area contributed by atoms with Crippen LogP contribution in [-0.4, -0.2) is 23.2 Å². The maximum atomic E-state index is 14.8. The summed E-state index contributed by atoms with van der Waals surface area (Å²) in [6.07, 6.45) is 9.01. The van der Waals surface area contributed by atoms with Crippen molar-refractivity contribution in [3.05, 3.63) is 0 Å². The minimum Gasteiger partial charge on any atom is -0.393 e. The van der Waals surface area contributed by atoms with Crippen LogP contribution in [0.4, 0.5) is 4.39 Å². The summed E-state index contributed by atoms with van der Waals surface area (Å²) < 4.78 is 14.8. The molecule has 25 heavy (non-hydrogen) atoms. The van der Waals surface area contributed by atoms with Gasteiger partial charge in [-0.1, -0.05) is 13.8 Å². The molecule has 4 aliphatic carbocycles. The molecule has 142 valence electrons. The van der Waals surface area contributed by atoms with Crippen molar-refractivity contribution in [2.45, 2.75) is 84.2 Å². The smallest absolute Gasteiger partial charge is 0.134 e. The zero-order valence-corrected chi connectivity index (χ0v) is 16.2. The fourth-order valence-electron chi connectivity index (χ4n) is 8.11. The number of ketones is 1. The van der Waals surface area contributed by atoms with E-state index in [4.69, 9.17) is 0 Å². The minimum absolute atomic E-state index is 0.208. The third-order valence-electron chi connectivity index (χ3n) is 9.56. The Morgan fingerprint density at radius 3 is 2.40 bits per heavy atom. The van der Waals surface area contributed by atoms with Crippen molar-refractivity contribution in [1.29, 1.82) is 0 Å². The molecule has 4 rings (SSSR count).